The molecule has 0 bridgehead atoms. The van der Waals surface area contributed by atoms with Crippen LogP contribution in [0.4, 0.5) is 0 Å². The van der Waals surface area contributed by atoms with Crippen LogP contribution in [0.5, 0.6) is 0 Å². The van der Waals surface area contributed by atoms with E-state index in [4.69, 9.17) is 0 Å². The van der Waals surface area contributed by atoms with Crippen molar-refractivity contribution in [2.75, 3.05) is 20.6 Å². The molecule has 1 rings (SSSR count). The van der Waals surface area contributed by atoms with E-state index >= 15 is 0 Å². The fraction of sp³-hybridized carbons (Fsp3) is 0.667. The minimum absolute atomic E-state index is 0.146. The summed E-state index contributed by atoms with van der Waals surface area (Å²) < 4.78 is 0. The van der Waals surface area contributed by atoms with Gasteiger partial charge in [0.05, 0.1) is 0 Å². The van der Waals surface area contributed by atoms with Crippen LogP contribution in [-0.4, -0.2) is 42.1 Å². The highest BCUT2D eigenvalue weighted by Gasteiger charge is 2.34. The zero-order chi connectivity index (χ0) is 13.6. The van der Waals surface area contributed by atoms with Gasteiger partial charge in [0, 0.05) is 29.9 Å². The second-order valence-corrected chi connectivity index (χ2v) is 5.24. The Hall–Kier alpha value is -0.930. The van der Waals surface area contributed by atoms with E-state index in [9.17, 15) is 0 Å². The highest BCUT2D eigenvalue weighted by molar-refractivity contribution is 5.08. The molecule has 0 aromatic carbocycles. The van der Waals surface area contributed by atoms with E-state index in [0.717, 1.165) is 25.1 Å². The lowest BCUT2D eigenvalue weighted by atomic mass is 9.85. The molecule has 0 aliphatic heterocycles. The average Bonchev–Trinajstić information content (AvgIpc) is 2.38. The van der Waals surface area contributed by atoms with Gasteiger partial charge in [-0.1, -0.05) is 19.9 Å². The van der Waals surface area contributed by atoms with Crippen LogP contribution in [0.15, 0.2) is 24.4 Å². The van der Waals surface area contributed by atoms with Crippen LogP contribution in [0.3, 0.4) is 0 Å². The molecule has 0 spiro atoms. The zero-order valence-corrected chi connectivity index (χ0v) is 12.4. The summed E-state index contributed by atoms with van der Waals surface area (Å²) in [4.78, 5) is 6.77. The molecule has 3 heteroatoms. The van der Waals surface area contributed by atoms with Crippen molar-refractivity contribution in [2.24, 2.45) is 0 Å². The third-order valence-corrected chi connectivity index (χ3v) is 4.08. The van der Waals surface area contributed by atoms with E-state index in [-0.39, 0.29) is 5.54 Å². The second kappa shape index (κ2) is 6.86. The number of nitrogens with one attached hydrogen (secondary N) is 1. The minimum atomic E-state index is 0.146. The van der Waals surface area contributed by atoms with Gasteiger partial charge in [-0.25, -0.2) is 0 Å². The van der Waals surface area contributed by atoms with Crippen LogP contribution >= 0.6 is 0 Å². The number of nitrogens with zero attached hydrogens (tertiary/aromatic N) is 2. The fourth-order valence-corrected chi connectivity index (χ4v) is 2.36. The molecule has 2 atom stereocenters. The summed E-state index contributed by atoms with van der Waals surface area (Å²) in [6.07, 6.45) is 3.96. The monoisotopic (exact) mass is 249 g/mol. The number of hydrogen-bond donors (Lipinski definition) is 1. The Kier molecular flexibility index (Phi) is 5.76. The Morgan fingerprint density at radius 3 is 2.50 bits per heavy atom. The first kappa shape index (κ1) is 15.1. The molecule has 1 N–H and O–H groups in total. The standard InChI is InChI=1S/C15H27N3/c1-6-15(3,18(4)5)14(16-7-2)12-13-10-8-9-11-17-13/h8-11,14,16H,6-7,12H2,1-5H3. The first-order chi connectivity index (χ1) is 8.54. The van der Waals surface area contributed by atoms with E-state index in [0.29, 0.717) is 6.04 Å². The summed E-state index contributed by atoms with van der Waals surface area (Å²) in [7, 11) is 4.32. The second-order valence-electron chi connectivity index (χ2n) is 5.24. The smallest absolute Gasteiger partial charge is 0.0419 e. The van der Waals surface area contributed by atoms with Gasteiger partial charge in [0.1, 0.15) is 0 Å². The van der Waals surface area contributed by atoms with Crippen LogP contribution in [0.25, 0.3) is 0 Å². The van der Waals surface area contributed by atoms with Gasteiger partial charge < -0.3 is 10.2 Å². The van der Waals surface area contributed by atoms with Crippen LogP contribution in [-0.2, 0) is 6.42 Å². The summed E-state index contributed by atoms with van der Waals surface area (Å²) in [5.74, 6) is 0. The maximum absolute atomic E-state index is 4.45. The topological polar surface area (TPSA) is 28.2 Å². The lowest BCUT2D eigenvalue weighted by Gasteiger charge is -2.43. The largest absolute Gasteiger partial charge is 0.312 e. The molecule has 0 aliphatic rings. The quantitative estimate of drug-likeness (QED) is 0.804. The van der Waals surface area contributed by atoms with E-state index < -0.39 is 0 Å². The van der Waals surface area contributed by atoms with Gasteiger partial charge >= 0.3 is 0 Å². The predicted octanol–water partition coefficient (Wildman–Crippen LogP) is 2.33. The van der Waals surface area contributed by atoms with Crippen molar-refractivity contribution in [2.45, 2.75) is 45.2 Å². The molecule has 0 aliphatic carbocycles. The van der Waals surface area contributed by atoms with Gasteiger partial charge in [0.25, 0.3) is 0 Å². The molecule has 3 nitrogen and oxygen atoms in total. The lowest BCUT2D eigenvalue weighted by Crippen LogP contribution is -2.57. The summed E-state index contributed by atoms with van der Waals surface area (Å²) >= 11 is 0. The SMILES string of the molecule is CCNC(Cc1ccccn1)C(C)(CC)N(C)C. The van der Waals surface area contributed by atoms with Gasteiger partial charge in [-0.2, -0.15) is 0 Å². The molecule has 0 amide bonds. The lowest BCUT2D eigenvalue weighted by molar-refractivity contribution is 0.113. The Morgan fingerprint density at radius 1 is 1.33 bits per heavy atom. The van der Waals surface area contributed by atoms with E-state index in [1.165, 1.54) is 0 Å². The predicted molar refractivity (Wildman–Crippen MR) is 77.8 cm³/mol. The van der Waals surface area contributed by atoms with Crippen molar-refractivity contribution in [1.82, 2.24) is 15.2 Å². The maximum Gasteiger partial charge on any atom is 0.0419 e. The fourth-order valence-electron chi connectivity index (χ4n) is 2.36. The number of pyridine rings is 1. The van der Waals surface area contributed by atoms with E-state index in [1.54, 1.807) is 0 Å². The molecule has 102 valence electrons. The Bertz CT molecular complexity index is 337. The number of rotatable bonds is 7. The molecule has 18 heavy (non-hydrogen) atoms. The van der Waals surface area contributed by atoms with Crippen molar-refractivity contribution >= 4 is 0 Å². The molecule has 1 heterocycles. The molecule has 0 fully saturated rings. The van der Waals surface area contributed by atoms with Gasteiger partial charge in [-0.05, 0) is 46.1 Å². The van der Waals surface area contributed by atoms with E-state index in [2.05, 4.69) is 62.2 Å². The summed E-state index contributed by atoms with van der Waals surface area (Å²) in [6, 6.07) is 6.55. The Labute approximate surface area is 112 Å². The maximum atomic E-state index is 4.45. The molecular formula is C15H27N3. The Morgan fingerprint density at radius 2 is 2.06 bits per heavy atom. The van der Waals surface area contributed by atoms with Crippen LogP contribution < -0.4 is 5.32 Å². The van der Waals surface area contributed by atoms with Crippen LogP contribution in [0.1, 0.15) is 32.9 Å². The van der Waals surface area contributed by atoms with E-state index in [1.807, 2.05) is 12.3 Å². The molecular weight excluding hydrogens is 222 g/mol. The third-order valence-electron chi connectivity index (χ3n) is 4.08. The van der Waals surface area contributed by atoms with Crippen molar-refractivity contribution in [3.63, 3.8) is 0 Å². The van der Waals surface area contributed by atoms with Crippen LogP contribution in [0.2, 0.25) is 0 Å². The highest BCUT2D eigenvalue weighted by Crippen LogP contribution is 2.23. The summed E-state index contributed by atoms with van der Waals surface area (Å²) in [5.41, 5.74) is 1.30. The van der Waals surface area contributed by atoms with Crippen molar-refractivity contribution < 1.29 is 0 Å². The third kappa shape index (κ3) is 3.53. The van der Waals surface area contributed by atoms with Crippen LogP contribution in [0, 0.1) is 0 Å². The molecule has 0 radical (unpaired) electrons. The van der Waals surface area contributed by atoms with Crippen molar-refractivity contribution in [3.8, 4) is 0 Å². The first-order valence-corrected chi connectivity index (χ1v) is 6.85. The Balaban J connectivity index is 2.88. The molecule has 1 aromatic rings. The summed E-state index contributed by atoms with van der Waals surface area (Å²) in [6.45, 7) is 7.73. The zero-order valence-electron chi connectivity index (χ0n) is 12.4. The number of hydrogen-bond acceptors (Lipinski definition) is 3. The first-order valence-electron chi connectivity index (χ1n) is 6.85. The van der Waals surface area contributed by atoms with Crippen molar-refractivity contribution in [1.29, 1.82) is 0 Å². The molecule has 0 saturated carbocycles. The van der Waals surface area contributed by atoms with Gasteiger partial charge in [-0.15, -0.1) is 0 Å². The van der Waals surface area contributed by atoms with Gasteiger partial charge in [0.15, 0.2) is 0 Å². The summed E-state index contributed by atoms with van der Waals surface area (Å²) in [5, 5.41) is 3.62. The van der Waals surface area contributed by atoms with Gasteiger partial charge in [0.2, 0.25) is 0 Å². The normalized spacial score (nSPS) is 16.6. The molecule has 0 saturated heterocycles. The van der Waals surface area contributed by atoms with Crippen molar-refractivity contribution in [3.05, 3.63) is 30.1 Å². The number of aromatic nitrogens is 1. The average molecular weight is 249 g/mol. The molecule has 2 unspecified atom stereocenters. The van der Waals surface area contributed by atoms with Gasteiger partial charge in [-0.3, -0.25) is 4.98 Å². The number of likely N-dealkylation sites (N-methyl/N-ethyl adjacent to an activating group) is 2. The molecule has 1 aromatic heterocycles. The minimum Gasteiger partial charge on any atom is -0.312 e. The highest BCUT2D eigenvalue weighted by atomic mass is 15.2.